The van der Waals surface area contributed by atoms with Crippen molar-refractivity contribution < 1.29 is 18.7 Å². The summed E-state index contributed by atoms with van der Waals surface area (Å²) in [6.45, 7) is 4.45. The maximum absolute atomic E-state index is 12.5. The van der Waals surface area contributed by atoms with Crippen LogP contribution in [0.25, 0.3) is 0 Å². The zero-order chi connectivity index (χ0) is 17.6. The molecular formula is C18H23N3O4. The molecule has 2 aromatic rings. The number of amides is 1. The summed E-state index contributed by atoms with van der Waals surface area (Å²) in [7, 11) is 1.61. The van der Waals surface area contributed by atoms with E-state index in [0.29, 0.717) is 36.5 Å². The molecule has 1 atom stereocenters. The van der Waals surface area contributed by atoms with E-state index in [1.54, 1.807) is 19.2 Å². The van der Waals surface area contributed by atoms with E-state index in [2.05, 4.69) is 17.2 Å². The Kier molecular flexibility index (Phi) is 5.55. The Hall–Kier alpha value is -2.54. The molecule has 1 aromatic carbocycles. The average molecular weight is 345 g/mol. The lowest BCUT2D eigenvalue weighted by Gasteiger charge is -2.32. The second-order valence-corrected chi connectivity index (χ2v) is 5.90. The maximum atomic E-state index is 12.5. The van der Waals surface area contributed by atoms with Crippen molar-refractivity contribution in [1.82, 2.24) is 15.2 Å². The minimum atomic E-state index is -0.0978. The molecule has 134 valence electrons. The van der Waals surface area contributed by atoms with Crippen LogP contribution in [0.2, 0.25) is 0 Å². The average Bonchev–Trinajstić information content (AvgIpc) is 3.15. The number of carbonyl (C=O) groups is 1. The van der Waals surface area contributed by atoms with E-state index in [-0.39, 0.29) is 12.5 Å². The normalized spacial score (nSPS) is 17.4. The molecule has 0 radical (unpaired) electrons. The number of rotatable bonds is 6. The van der Waals surface area contributed by atoms with Crippen molar-refractivity contribution in [2.75, 3.05) is 26.7 Å². The van der Waals surface area contributed by atoms with Gasteiger partial charge in [0.2, 0.25) is 5.89 Å². The fourth-order valence-electron chi connectivity index (χ4n) is 2.74. The molecule has 3 rings (SSSR count). The van der Waals surface area contributed by atoms with Gasteiger partial charge in [-0.1, -0.05) is 6.92 Å². The third-order valence-electron chi connectivity index (χ3n) is 4.23. The SMILES string of the molecule is CC[C@@H]1CN(C(=O)c2coc(COc3ccc(OC)cc3)n2)CCN1. The topological polar surface area (TPSA) is 76.8 Å². The number of aromatic nitrogens is 1. The van der Waals surface area contributed by atoms with Crippen molar-refractivity contribution in [2.45, 2.75) is 26.0 Å². The van der Waals surface area contributed by atoms with Crippen LogP contribution in [0.15, 0.2) is 34.9 Å². The zero-order valence-corrected chi connectivity index (χ0v) is 14.5. The Balaban J connectivity index is 1.57. The van der Waals surface area contributed by atoms with Crippen molar-refractivity contribution in [3.63, 3.8) is 0 Å². The van der Waals surface area contributed by atoms with Gasteiger partial charge in [0.05, 0.1) is 7.11 Å². The molecule has 1 aromatic heterocycles. The molecule has 2 heterocycles. The summed E-state index contributed by atoms with van der Waals surface area (Å²) in [4.78, 5) is 18.6. The van der Waals surface area contributed by atoms with Gasteiger partial charge < -0.3 is 24.1 Å². The molecule has 0 aliphatic carbocycles. The monoisotopic (exact) mass is 345 g/mol. The Morgan fingerprint density at radius 3 is 2.84 bits per heavy atom. The van der Waals surface area contributed by atoms with Gasteiger partial charge >= 0.3 is 0 Å². The van der Waals surface area contributed by atoms with Crippen molar-refractivity contribution in [3.05, 3.63) is 42.1 Å². The zero-order valence-electron chi connectivity index (χ0n) is 14.5. The standard InChI is InChI=1S/C18H23N3O4/c1-3-13-10-21(9-8-19-13)18(22)16-11-25-17(20-16)12-24-15-6-4-14(23-2)5-7-15/h4-7,11,13,19H,3,8-10,12H2,1-2H3/t13-/m1/s1. The van der Waals surface area contributed by atoms with E-state index in [4.69, 9.17) is 13.9 Å². The summed E-state index contributed by atoms with van der Waals surface area (Å²) < 4.78 is 16.1. The molecule has 0 bridgehead atoms. The Morgan fingerprint density at radius 1 is 1.36 bits per heavy atom. The van der Waals surface area contributed by atoms with Crippen LogP contribution in [0.1, 0.15) is 29.7 Å². The smallest absolute Gasteiger partial charge is 0.275 e. The molecule has 7 nitrogen and oxygen atoms in total. The second kappa shape index (κ2) is 8.02. The molecule has 1 amide bonds. The van der Waals surface area contributed by atoms with E-state index in [1.165, 1.54) is 6.26 Å². The Labute approximate surface area is 146 Å². The van der Waals surface area contributed by atoms with Gasteiger partial charge in [-0.3, -0.25) is 4.79 Å². The summed E-state index contributed by atoms with van der Waals surface area (Å²) in [6.07, 6.45) is 2.39. The number of ether oxygens (including phenoxy) is 2. The highest BCUT2D eigenvalue weighted by Gasteiger charge is 2.25. The molecule has 1 aliphatic rings. The van der Waals surface area contributed by atoms with Crippen LogP contribution in [-0.4, -0.2) is 48.6 Å². The first-order valence-corrected chi connectivity index (χ1v) is 8.43. The number of benzene rings is 1. The lowest BCUT2D eigenvalue weighted by atomic mass is 10.1. The molecular weight excluding hydrogens is 322 g/mol. The number of oxazole rings is 1. The summed E-state index contributed by atoms with van der Waals surface area (Å²) in [5.74, 6) is 1.72. The van der Waals surface area contributed by atoms with Gasteiger partial charge in [-0.15, -0.1) is 0 Å². The van der Waals surface area contributed by atoms with E-state index in [1.807, 2.05) is 17.0 Å². The van der Waals surface area contributed by atoms with Gasteiger partial charge in [0.1, 0.15) is 17.8 Å². The minimum absolute atomic E-state index is 0.0978. The molecule has 1 saturated heterocycles. The molecule has 0 spiro atoms. The number of nitrogens with one attached hydrogen (secondary N) is 1. The van der Waals surface area contributed by atoms with Gasteiger partial charge in [-0.25, -0.2) is 4.98 Å². The third-order valence-corrected chi connectivity index (χ3v) is 4.23. The highest BCUT2D eigenvalue weighted by atomic mass is 16.5. The van der Waals surface area contributed by atoms with Crippen molar-refractivity contribution in [1.29, 1.82) is 0 Å². The first kappa shape index (κ1) is 17.3. The number of hydrogen-bond acceptors (Lipinski definition) is 6. The minimum Gasteiger partial charge on any atom is -0.497 e. The summed E-state index contributed by atoms with van der Waals surface area (Å²) >= 11 is 0. The summed E-state index contributed by atoms with van der Waals surface area (Å²) in [5.41, 5.74) is 0.324. The lowest BCUT2D eigenvalue weighted by Crippen LogP contribution is -2.52. The number of methoxy groups -OCH3 is 1. The number of hydrogen-bond donors (Lipinski definition) is 1. The van der Waals surface area contributed by atoms with E-state index >= 15 is 0 Å². The molecule has 0 saturated carbocycles. The van der Waals surface area contributed by atoms with E-state index < -0.39 is 0 Å². The predicted octanol–water partition coefficient (Wildman–Crippen LogP) is 2.09. The van der Waals surface area contributed by atoms with Gasteiger partial charge in [0, 0.05) is 25.7 Å². The van der Waals surface area contributed by atoms with E-state index in [9.17, 15) is 4.79 Å². The lowest BCUT2D eigenvalue weighted by molar-refractivity contribution is 0.0695. The fraction of sp³-hybridized carbons (Fsp3) is 0.444. The first-order valence-electron chi connectivity index (χ1n) is 8.43. The van der Waals surface area contributed by atoms with Crippen molar-refractivity contribution >= 4 is 5.91 Å². The van der Waals surface area contributed by atoms with E-state index in [0.717, 1.165) is 18.7 Å². The Morgan fingerprint density at radius 2 is 2.12 bits per heavy atom. The quantitative estimate of drug-likeness (QED) is 0.864. The molecule has 1 N–H and O–H groups in total. The van der Waals surface area contributed by atoms with Crippen LogP contribution in [0.4, 0.5) is 0 Å². The first-order chi connectivity index (χ1) is 12.2. The molecule has 1 aliphatic heterocycles. The summed E-state index contributed by atoms with van der Waals surface area (Å²) in [5, 5.41) is 3.39. The largest absolute Gasteiger partial charge is 0.497 e. The summed E-state index contributed by atoms with van der Waals surface area (Å²) in [6, 6.07) is 7.57. The number of carbonyl (C=O) groups excluding carboxylic acids is 1. The van der Waals surface area contributed by atoms with Crippen molar-refractivity contribution in [3.8, 4) is 11.5 Å². The van der Waals surface area contributed by atoms with Gasteiger partial charge in [0.15, 0.2) is 12.3 Å². The highest BCUT2D eigenvalue weighted by molar-refractivity contribution is 5.92. The fourth-order valence-corrected chi connectivity index (χ4v) is 2.74. The van der Waals surface area contributed by atoms with Crippen LogP contribution in [0, 0.1) is 0 Å². The molecule has 25 heavy (non-hydrogen) atoms. The third kappa shape index (κ3) is 4.30. The van der Waals surface area contributed by atoms with Crippen LogP contribution in [-0.2, 0) is 6.61 Å². The maximum Gasteiger partial charge on any atom is 0.275 e. The highest BCUT2D eigenvalue weighted by Crippen LogP contribution is 2.18. The number of nitrogens with zero attached hydrogens (tertiary/aromatic N) is 2. The van der Waals surface area contributed by atoms with Gasteiger partial charge in [-0.05, 0) is 30.7 Å². The molecule has 7 heteroatoms. The molecule has 1 fully saturated rings. The van der Waals surface area contributed by atoms with Gasteiger partial charge in [-0.2, -0.15) is 0 Å². The van der Waals surface area contributed by atoms with Gasteiger partial charge in [0.25, 0.3) is 5.91 Å². The van der Waals surface area contributed by atoms with Crippen molar-refractivity contribution in [2.24, 2.45) is 0 Å². The van der Waals surface area contributed by atoms with Crippen LogP contribution < -0.4 is 14.8 Å². The molecule has 0 unspecified atom stereocenters. The predicted molar refractivity (Wildman–Crippen MR) is 91.8 cm³/mol. The van der Waals surface area contributed by atoms with Crippen LogP contribution in [0.5, 0.6) is 11.5 Å². The van der Waals surface area contributed by atoms with Crippen LogP contribution >= 0.6 is 0 Å². The van der Waals surface area contributed by atoms with Crippen LogP contribution in [0.3, 0.4) is 0 Å². The Bertz CT molecular complexity index is 699. The number of piperazine rings is 1. The second-order valence-electron chi connectivity index (χ2n) is 5.90.